The van der Waals surface area contributed by atoms with Crippen molar-refractivity contribution in [3.05, 3.63) is 18.2 Å². The summed E-state index contributed by atoms with van der Waals surface area (Å²) in [7, 11) is 1.70. The summed E-state index contributed by atoms with van der Waals surface area (Å²) >= 11 is 0. The fourth-order valence-corrected chi connectivity index (χ4v) is 4.75. The van der Waals surface area contributed by atoms with Crippen molar-refractivity contribution >= 4 is 5.91 Å². The van der Waals surface area contributed by atoms with E-state index in [9.17, 15) is 4.79 Å². The van der Waals surface area contributed by atoms with Crippen LogP contribution < -0.4 is 0 Å². The van der Waals surface area contributed by atoms with Crippen LogP contribution in [0.1, 0.15) is 50.8 Å². The van der Waals surface area contributed by atoms with Gasteiger partial charge in [0.1, 0.15) is 0 Å². The van der Waals surface area contributed by atoms with Crippen molar-refractivity contribution in [2.75, 3.05) is 46.4 Å². The zero-order chi connectivity index (χ0) is 18.3. The zero-order valence-electron chi connectivity index (χ0n) is 16.4. The normalized spacial score (nSPS) is 29.6. The van der Waals surface area contributed by atoms with Crippen molar-refractivity contribution in [1.82, 2.24) is 19.4 Å². The minimum absolute atomic E-state index is 0.210. The summed E-state index contributed by atoms with van der Waals surface area (Å²) in [6, 6.07) is 0.397. The van der Waals surface area contributed by atoms with E-state index in [4.69, 9.17) is 9.72 Å². The van der Waals surface area contributed by atoms with Crippen LogP contribution in [0.4, 0.5) is 0 Å². The second-order valence-corrected chi connectivity index (χ2v) is 8.72. The van der Waals surface area contributed by atoms with Gasteiger partial charge >= 0.3 is 0 Å². The number of carbonyl (C=O) groups excluding carboxylic acids is 1. The van der Waals surface area contributed by atoms with E-state index in [1.807, 2.05) is 11.2 Å². The Bertz CT molecular complexity index is 654. The Labute approximate surface area is 156 Å². The number of ether oxygens (including phenoxy) is 1. The maximum absolute atomic E-state index is 13.4. The Balaban J connectivity index is 1.59. The van der Waals surface area contributed by atoms with E-state index in [2.05, 4.69) is 29.5 Å². The van der Waals surface area contributed by atoms with Gasteiger partial charge in [0.05, 0.1) is 24.0 Å². The van der Waals surface area contributed by atoms with Crippen LogP contribution in [-0.2, 0) is 9.53 Å². The van der Waals surface area contributed by atoms with Crippen molar-refractivity contribution in [3.63, 3.8) is 0 Å². The first-order chi connectivity index (χ1) is 12.5. The molecular weight excluding hydrogens is 328 g/mol. The predicted molar refractivity (Wildman–Crippen MR) is 100 cm³/mol. The molecule has 1 saturated carbocycles. The van der Waals surface area contributed by atoms with Gasteiger partial charge in [0.2, 0.25) is 5.91 Å². The van der Waals surface area contributed by atoms with E-state index < -0.39 is 0 Å². The molecule has 4 rings (SSSR count). The van der Waals surface area contributed by atoms with Gasteiger partial charge in [-0.3, -0.25) is 4.79 Å². The minimum atomic E-state index is -0.293. The summed E-state index contributed by atoms with van der Waals surface area (Å²) in [6.07, 6.45) is 7.74. The lowest BCUT2D eigenvalue weighted by Crippen LogP contribution is -2.40. The number of nitrogens with zero attached hydrogens (tertiary/aromatic N) is 4. The Hall–Kier alpha value is -1.40. The van der Waals surface area contributed by atoms with Gasteiger partial charge in [-0.05, 0) is 39.0 Å². The third kappa shape index (κ3) is 3.18. The number of aromatic nitrogens is 2. The third-order valence-electron chi connectivity index (χ3n) is 6.51. The van der Waals surface area contributed by atoms with Crippen molar-refractivity contribution in [3.8, 4) is 0 Å². The van der Waals surface area contributed by atoms with Crippen LogP contribution in [-0.4, -0.2) is 71.7 Å². The molecule has 6 heteroatoms. The van der Waals surface area contributed by atoms with Crippen LogP contribution in [0.5, 0.6) is 0 Å². The molecule has 2 atom stereocenters. The Morgan fingerprint density at radius 1 is 1.38 bits per heavy atom. The molecule has 3 fully saturated rings. The molecule has 2 aliphatic heterocycles. The Kier molecular flexibility index (Phi) is 4.82. The van der Waals surface area contributed by atoms with Crippen LogP contribution in [0.2, 0.25) is 0 Å². The highest BCUT2D eigenvalue weighted by Crippen LogP contribution is 2.50. The molecule has 0 unspecified atom stereocenters. The van der Waals surface area contributed by atoms with Gasteiger partial charge in [-0.15, -0.1) is 0 Å². The number of methoxy groups -OCH3 is 1. The SMILES string of the molecule is COCCN1CC[C@]2(CN(CC3CC3)C[C@@H]2c2cn(C(C)C)cn2)C1=O. The lowest BCUT2D eigenvalue weighted by molar-refractivity contribution is -0.136. The molecule has 3 aliphatic rings. The van der Waals surface area contributed by atoms with E-state index >= 15 is 0 Å². The highest BCUT2D eigenvalue weighted by atomic mass is 16.5. The minimum Gasteiger partial charge on any atom is -0.383 e. The average Bonchev–Trinajstić information content (AvgIpc) is 3.05. The van der Waals surface area contributed by atoms with Crippen LogP contribution in [0, 0.1) is 11.3 Å². The summed E-state index contributed by atoms with van der Waals surface area (Å²) in [6.45, 7) is 9.51. The summed E-state index contributed by atoms with van der Waals surface area (Å²) in [4.78, 5) is 22.7. The van der Waals surface area contributed by atoms with Crippen LogP contribution in [0.25, 0.3) is 0 Å². The number of hydrogen-bond donors (Lipinski definition) is 0. The molecule has 0 N–H and O–H groups in total. The van der Waals surface area contributed by atoms with Crippen molar-refractivity contribution < 1.29 is 9.53 Å². The molecule has 0 bridgehead atoms. The summed E-state index contributed by atoms with van der Waals surface area (Å²) in [5.41, 5.74) is 0.803. The monoisotopic (exact) mass is 360 g/mol. The van der Waals surface area contributed by atoms with Gasteiger partial charge in [0, 0.05) is 58.0 Å². The second-order valence-electron chi connectivity index (χ2n) is 8.72. The van der Waals surface area contributed by atoms with Gasteiger partial charge in [-0.1, -0.05) is 0 Å². The molecule has 26 heavy (non-hydrogen) atoms. The topological polar surface area (TPSA) is 50.6 Å². The fraction of sp³-hybridized carbons (Fsp3) is 0.800. The number of hydrogen-bond acceptors (Lipinski definition) is 4. The van der Waals surface area contributed by atoms with Gasteiger partial charge in [0.15, 0.2) is 0 Å². The molecule has 144 valence electrons. The van der Waals surface area contributed by atoms with Crippen LogP contribution in [0.15, 0.2) is 12.5 Å². The van der Waals surface area contributed by atoms with Crippen LogP contribution in [0.3, 0.4) is 0 Å². The summed E-state index contributed by atoms with van der Waals surface area (Å²) in [5.74, 6) is 1.37. The third-order valence-corrected chi connectivity index (χ3v) is 6.51. The first-order valence-corrected chi connectivity index (χ1v) is 10.1. The molecule has 0 aromatic carbocycles. The number of amides is 1. The van der Waals surface area contributed by atoms with Gasteiger partial charge < -0.3 is 19.1 Å². The van der Waals surface area contributed by atoms with Gasteiger partial charge in [-0.2, -0.15) is 0 Å². The first kappa shape index (κ1) is 18.0. The quantitative estimate of drug-likeness (QED) is 0.748. The maximum atomic E-state index is 13.4. The molecule has 3 heterocycles. The van der Waals surface area contributed by atoms with E-state index in [0.29, 0.717) is 25.1 Å². The smallest absolute Gasteiger partial charge is 0.230 e. The van der Waals surface area contributed by atoms with Crippen molar-refractivity contribution in [2.45, 2.75) is 45.1 Å². The van der Waals surface area contributed by atoms with Gasteiger partial charge in [0.25, 0.3) is 0 Å². The first-order valence-electron chi connectivity index (χ1n) is 10.1. The molecular formula is C20H32N4O2. The van der Waals surface area contributed by atoms with Crippen molar-refractivity contribution in [1.29, 1.82) is 0 Å². The lowest BCUT2D eigenvalue weighted by Gasteiger charge is -2.28. The Morgan fingerprint density at radius 2 is 2.19 bits per heavy atom. The van der Waals surface area contributed by atoms with Crippen LogP contribution >= 0.6 is 0 Å². The summed E-state index contributed by atoms with van der Waals surface area (Å²) in [5, 5.41) is 0. The lowest BCUT2D eigenvalue weighted by atomic mass is 9.75. The highest BCUT2D eigenvalue weighted by molar-refractivity contribution is 5.86. The average molecular weight is 361 g/mol. The molecule has 1 aliphatic carbocycles. The summed E-state index contributed by atoms with van der Waals surface area (Å²) < 4.78 is 7.37. The van der Waals surface area contributed by atoms with E-state index in [1.165, 1.54) is 12.8 Å². The second kappa shape index (κ2) is 6.97. The molecule has 6 nitrogen and oxygen atoms in total. The molecule has 2 saturated heterocycles. The predicted octanol–water partition coefficient (Wildman–Crippen LogP) is 2.14. The molecule has 1 amide bonds. The highest BCUT2D eigenvalue weighted by Gasteiger charge is 2.57. The largest absolute Gasteiger partial charge is 0.383 e. The number of rotatable bonds is 7. The van der Waals surface area contributed by atoms with E-state index in [1.54, 1.807) is 7.11 Å². The van der Waals surface area contributed by atoms with Crippen molar-refractivity contribution in [2.24, 2.45) is 11.3 Å². The molecule has 0 radical (unpaired) electrons. The number of carbonyl (C=O) groups is 1. The fourth-order valence-electron chi connectivity index (χ4n) is 4.75. The van der Waals surface area contributed by atoms with E-state index in [0.717, 1.165) is 44.2 Å². The van der Waals surface area contributed by atoms with E-state index in [-0.39, 0.29) is 11.3 Å². The van der Waals surface area contributed by atoms with Gasteiger partial charge in [-0.25, -0.2) is 4.98 Å². The number of imidazole rings is 1. The number of likely N-dealkylation sites (tertiary alicyclic amines) is 2. The molecule has 1 aromatic rings. The maximum Gasteiger partial charge on any atom is 0.230 e. The molecule has 1 aromatic heterocycles. The molecule has 1 spiro atoms. The Morgan fingerprint density at radius 3 is 2.85 bits per heavy atom. The zero-order valence-corrected chi connectivity index (χ0v) is 16.4. The standard InChI is InChI=1S/C20H32N4O2/c1-15(2)24-12-18(21-14-24)17-11-22(10-16-4-5-16)13-20(17)6-7-23(19(20)25)8-9-26-3/h12,14-17H,4-11,13H2,1-3H3/t17-,20-/m1/s1.